The summed E-state index contributed by atoms with van der Waals surface area (Å²) in [4.78, 5) is 21.1. The van der Waals surface area contributed by atoms with Gasteiger partial charge in [-0.1, -0.05) is 18.2 Å². The maximum Gasteiger partial charge on any atom is 0.253 e. The number of rotatable bonds is 5. The molecule has 0 saturated heterocycles. The first-order valence-corrected chi connectivity index (χ1v) is 10.1. The number of benzene rings is 2. The molecular formula is C21H21BrN6O. The number of fused-ring (bicyclic) bond motifs is 1. The third-order valence-corrected chi connectivity index (χ3v) is 5.33. The van der Waals surface area contributed by atoms with Crippen LogP contribution in [0.25, 0.3) is 0 Å². The van der Waals surface area contributed by atoms with Gasteiger partial charge in [-0.3, -0.25) is 4.79 Å². The number of nitrogens with one attached hydrogen (secondary N) is 4. The number of carbonyl (C=O) groups is 1. The Morgan fingerprint density at radius 2 is 2.00 bits per heavy atom. The molecule has 29 heavy (non-hydrogen) atoms. The molecule has 148 valence electrons. The Labute approximate surface area is 177 Å². The summed E-state index contributed by atoms with van der Waals surface area (Å²) in [6, 6.07) is 13.6. The van der Waals surface area contributed by atoms with Gasteiger partial charge < -0.3 is 21.3 Å². The van der Waals surface area contributed by atoms with Gasteiger partial charge in [0.15, 0.2) is 0 Å². The summed E-state index contributed by atoms with van der Waals surface area (Å²) in [5.41, 5.74) is 4.82. The number of halogens is 1. The summed E-state index contributed by atoms with van der Waals surface area (Å²) in [7, 11) is 1.61. The minimum absolute atomic E-state index is 0.167. The maximum atomic E-state index is 12.1. The van der Waals surface area contributed by atoms with Crippen molar-refractivity contribution in [3.63, 3.8) is 0 Å². The van der Waals surface area contributed by atoms with Crippen LogP contribution in [0.2, 0.25) is 0 Å². The lowest BCUT2D eigenvalue weighted by Crippen LogP contribution is -2.23. The number of para-hydroxylation sites is 1. The van der Waals surface area contributed by atoms with Crippen LogP contribution in [0.3, 0.4) is 0 Å². The van der Waals surface area contributed by atoms with E-state index in [4.69, 9.17) is 0 Å². The minimum atomic E-state index is -0.167. The SMILES string of the molecule is CNC(=O)c1ccccc1Nc1nc(Nc2ccc3c(c2)CCNC3)ncc1Br. The zero-order valence-electron chi connectivity index (χ0n) is 15.9. The molecule has 1 amide bonds. The molecule has 1 aliphatic heterocycles. The molecule has 8 heteroatoms. The van der Waals surface area contributed by atoms with E-state index in [9.17, 15) is 4.79 Å². The first-order chi connectivity index (χ1) is 14.1. The quantitative estimate of drug-likeness (QED) is 0.471. The van der Waals surface area contributed by atoms with E-state index in [0.29, 0.717) is 27.5 Å². The molecule has 2 aromatic carbocycles. The van der Waals surface area contributed by atoms with Crippen LogP contribution in [-0.4, -0.2) is 29.5 Å². The molecule has 0 atom stereocenters. The largest absolute Gasteiger partial charge is 0.355 e. The number of hydrogen-bond donors (Lipinski definition) is 4. The van der Waals surface area contributed by atoms with Gasteiger partial charge in [0.25, 0.3) is 5.91 Å². The smallest absolute Gasteiger partial charge is 0.253 e. The summed E-state index contributed by atoms with van der Waals surface area (Å²) in [5, 5.41) is 12.5. The second kappa shape index (κ2) is 8.59. The van der Waals surface area contributed by atoms with E-state index in [-0.39, 0.29) is 5.91 Å². The van der Waals surface area contributed by atoms with Crippen molar-refractivity contribution in [3.05, 3.63) is 69.8 Å². The van der Waals surface area contributed by atoms with Crippen molar-refractivity contribution in [1.82, 2.24) is 20.6 Å². The fraction of sp³-hybridized carbons (Fsp3) is 0.190. The molecule has 1 aromatic heterocycles. The highest BCUT2D eigenvalue weighted by molar-refractivity contribution is 9.10. The van der Waals surface area contributed by atoms with E-state index < -0.39 is 0 Å². The molecule has 4 rings (SSSR count). The lowest BCUT2D eigenvalue weighted by atomic mass is 10.0. The van der Waals surface area contributed by atoms with Gasteiger partial charge in [-0.2, -0.15) is 4.98 Å². The molecule has 0 fully saturated rings. The Bertz CT molecular complexity index is 1060. The zero-order valence-corrected chi connectivity index (χ0v) is 17.5. The van der Waals surface area contributed by atoms with Crippen LogP contribution in [0.1, 0.15) is 21.5 Å². The molecule has 2 heterocycles. The van der Waals surface area contributed by atoms with Crippen molar-refractivity contribution < 1.29 is 4.79 Å². The summed E-state index contributed by atoms with van der Waals surface area (Å²) in [6.45, 7) is 1.90. The van der Waals surface area contributed by atoms with Crippen molar-refractivity contribution in [2.24, 2.45) is 0 Å². The molecule has 3 aromatic rings. The number of aromatic nitrogens is 2. The molecular weight excluding hydrogens is 432 g/mol. The number of anilines is 4. The highest BCUT2D eigenvalue weighted by Gasteiger charge is 2.13. The van der Waals surface area contributed by atoms with E-state index in [1.54, 1.807) is 19.3 Å². The average Bonchev–Trinajstić information content (AvgIpc) is 2.76. The number of hydrogen-bond acceptors (Lipinski definition) is 6. The topological polar surface area (TPSA) is 91.0 Å². The number of carbonyl (C=O) groups excluding carboxylic acids is 1. The summed E-state index contributed by atoms with van der Waals surface area (Å²) in [5.74, 6) is 0.878. The van der Waals surface area contributed by atoms with Crippen LogP contribution in [0.15, 0.2) is 53.1 Å². The summed E-state index contributed by atoms with van der Waals surface area (Å²) >= 11 is 3.48. The molecule has 1 aliphatic rings. The van der Waals surface area contributed by atoms with E-state index in [1.807, 2.05) is 24.3 Å². The van der Waals surface area contributed by atoms with Crippen molar-refractivity contribution in [2.75, 3.05) is 24.2 Å². The third-order valence-electron chi connectivity index (χ3n) is 4.74. The molecule has 0 spiro atoms. The molecule has 0 saturated carbocycles. The van der Waals surface area contributed by atoms with Gasteiger partial charge in [0.1, 0.15) is 5.82 Å². The first kappa shape index (κ1) is 19.4. The van der Waals surface area contributed by atoms with Crippen LogP contribution in [0, 0.1) is 0 Å². The van der Waals surface area contributed by atoms with Crippen LogP contribution in [-0.2, 0) is 13.0 Å². The predicted octanol–water partition coefficient (Wildman–Crippen LogP) is 3.73. The van der Waals surface area contributed by atoms with Crippen molar-refractivity contribution >= 4 is 45.0 Å². The third kappa shape index (κ3) is 4.38. The highest BCUT2D eigenvalue weighted by atomic mass is 79.9. The van der Waals surface area contributed by atoms with E-state index in [2.05, 4.69) is 59.3 Å². The molecule has 0 radical (unpaired) electrons. The first-order valence-electron chi connectivity index (χ1n) is 9.34. The molecule has 0 bridgehead atoms. The minimum Gasteiger partial charge on any atom is -0.355 e. The Balaban J connectivity index is 1.58. The molecule has 0 unspecified atom stereocenters. The standard InChI is InChI=1S/C21H21BrN6O/c1-23-20(29)16-4-2-3-5-18(16)27-19-17(22)12-25-21(28-19)26-15-7-6-14-11-24-9-8-13(14)10-15/h2-7,10,12,24H,8-9,11H2,1H3,(H,23,29)(H2,25,26,27,28). The van der Waals surface area contributed by atoms with Gasteiger partial charge in [-0.25, -0.2) is 4.98 Å². The summed E-state index contributed by atoms with van der Waals surface area (Å²) < 4.78 is 0.700. The van der Waals surface area contributed by atoms with Gasteiger partial charge in [0, 0.05) is 25.5 Å². The van der Waals surface area contributed by atoms with Crippen LogP contribution in [0.4, 0.5) is 23.1 Å². The highest BCUT2D eigenvalue weighted by Crippen LogP contribution is 2.28. The normalized spacial score (nSPS) is 12.8. The van der Waals surface area contributed by atoms with Crippen molar-refractivity contribution in [1.29, 1.82) is 0 Å². The predicted molar refractivity (Wildman–Crippen MR) is 118 cm³/mol. The number of amides is 1. The monoisotopic (exact) mass is 452 g/mol. The van der Waals surface area contributed by atoms with Gasteiger partial charge in [-0.15, -0.1) is 0 Å². The fourth-order valence-corrected chi connectivity index (χ4v) is 3.54. The van der Waals surface area contributed by atoms with Crippen LogP contribution in [0.5, 0.6) is 0 Å². The van der Waals surface area contributed by atoms with Crippen LogP contribution < -0.4 is 21.3 Å². The lowest BCUT2D eigenvalue weighted by Gasteiger charge is -2.18. The lowest BCUT2D eigenvalue weighted by molar-refractivity contribution is 0.0964. The van der Waals surface area contributed by atoms with Crippen molar-refractivity contribution in [3.8, 4) is 0 Å². The number of nitrogens with zero attached hydrogens (tertiary/aromatic N) is 2. The van der Waals surface area contributed by atoms with E-state index >= 15 is 0 Å². The average molecular weight is 453 g/mol. The fourth-order valence-electron chi connectivity index (χ4n) is 3.25. The van der Waals surface area contributed by atoms with E-state index in [0.717, 1.165) is 25.2 Å². The van der Waals surface area contributed by atoms with Crippen molar-refractivity contribution in [2.45, 2.75) is 13.0 Å². The molecule has 7 nitrogen and oxygen atoms in total. The van der Waals surface area contributed by atoms with Gasteiger partial charge >= 0.3 is 0 Å². The Morgan fingerprint density at radius 3 is 2.86 bits per heavy atom. The van der Waals surface area contributed by atoms with Gasteiger partial charge in [-0.05, 0) is 64.3 Å². The second-order valence-electron chi connectivity index (χ2n) is 6.68. The van der Waals surface area contributed by atoms with Gasteiger partial charge in [0.2, 0.25) is 5.95 Å². The Hall–Kier alpha value is -2.97. The molecule has 0 aliphatic carbocycles. The second-order valence-corrected chi connectivity index (χ2v) is 7.53. The Morgan fingerprint density at radius 1 is 1.14 bits per heavy atom. The van der Waals surface area contributed by atoms with E-state index in [1.165, 1.54) is 11.1 Å². The van der Waals surface area contributed by atoms with Gasteiger partial charge in [0.05, 0.1) is 15.7 Å². The summed E-state index contributed by atoms with van der Waals surface area (Å²) in [6.07, 6.45) is 2.69. The zero-order chi connectivity index (χ0) is 20.2. The van der Waals surface area contributed by atoms with Crippen LogP contribution >= 0.6 is 15.9 Å². The Kier molecular flexibility index (Phi) is 5.73. The molecule has 4 N–H and O–H groups in total. The maximum absolute atomic E-state index is 12.1.